The summed E-state index contributed by atoms with van der Waals surface area (Å²) in [6.07, 6.45) is 5.84. The van der Waals surface area contributed by atoms with Gasteiger partial charge in [-0.15, -0.1) is 6.58 Å². The first-order valence-electron chi connectivity index (χ1n) is 6.21. The summed E-state index contributed by atoms with van der Waals surface area (Å²) in [6, 6.07) is 1.90. The van der Waals surface area contributed by atoms with Gasteiger partial charge in [-0.25, -0.2) is 9.97 Å². The third-order valence-corrected chi connectivity index (χ3v) is 3.23. The fraction of sp³-hybridized carbons (Fsp3) is 0.538. The minimum Gasteiger partial charge on any atom is -0.377 e. The number of piperidine rings is 1. The highest BCUT2D eigenvalue weighted by Crippen LogP contribution is 2.22. The van der Waals surface area contributed by atoms with Gasteiger partial charge in [0.05, 0.1) is 13.2 Å². The summed E-state index contributed by atoms with van der Waals surface area (Å²) in [5.74, 6) is 1.45. The average Bonchev–Trinajstić information content (AvgIpc) is 2.39. The van der Waals surface area contributed by atoms with Gasteiger partial charge in [0.15, 0.2) is 0 Å². The largest absolute Gasteiger partial charge is 0.377 e. The molecule has 1 unspecified atom stereocenters. The molecule has 0 spiro atoms. The van der Waals surface area contributed by atoms with E-state index < -0.39 is 0 Å². The average molecular weight is 268 g/mol. The summed E-state index contributed by atoms with van der Waals surface area (Å²) >= 11 is 5.82. The first-order valence-corrected chi connectivity index (χ1v) is 6.59. The zero-order chi connectivity index (χ0) is 12.8. The van der Waals surface area contributed by atoms with Gasteiger partial charge in [0.25, 0.3) is 0 Å². The van der Waals surface area contributed by atoms with Crippen molar-refractivity contribution >= 4 is 17.4 Å². The van der Waals surface area contributed by atoms with Crippen molar-refractivity contribution in [2.24, 2.45) is 5.92 Å². The number of anilines is 1. The number of hydrogen-bond donors (Lipinski definition) is 0. The molecule has 1 saturated heterocycles. The maximum Gasteiger partial charge on any atom is 0.224 e. The molecule has 2 rings (SSSR count). The second-order valence-corrected chi connectivity index (χ2v) is 4.80. The normalized spacial score (nSPS) is 19.8. The molecule has 4 nitrogen and oxygen atoms in total. The van der Waals surface area contributed by atoms with E-state index in [9.17, 15) is 0 Å². The smallest absolute Gasteiger partial charge is 0.224 e. The van der Waals surface area contributed by atoms with Gasteiger partial charge >= 0.3 is 0 Å². The summed E-state index contributed by atoms with van der Waals surface area (Å²) in [7, 11) is 0. The van der Waals surface area contributed by atoms with E-state index in [0.29, 0.717) is 17.8 Å². The predicted octanol–water partition coefficient (Wildman–Crippen LogP) is 2.55. The maximum absolute atomic E-state index is 5.82. The van der Waals surface area contributed by atoms with Crippen LogP contribution in [0, 0.1) is 5.92 Å². The summed E-state index contributed by atoms with van der Waals surface area (Å²) in [4.78, 5) is 10.4. The van der Waals surface area contributed by atoms with Gasteiger partial charge in [0, 0.05) is 19.3 Å². The van der Waals surface area contributed by atoms with E-state index in [2.05, 4.69) is 21.4 Å². The molecule has 0 amide bonds. The predicted molar refractivity (Wildman–Crippen MR) is 73.0 cm³/mol. The van der Waals surface area contributed by atoms with Gasteiger partial charge in [0.1, 0.15) is 5.82 Å². The van der Waals surface area contributed by atoms with Crippen LogP contribution in [0.25, 0.3) is 0 Å². The van der Waals surface area contributed by atoms with Crippen molar-refractivity contribution in [3.05, 3.63) is 30.2 Å². The molecule has 0 aliphatic carbocycles. The van der Waals surface area contributed by atoms with Crippen LogP contribution < -0.4 is 4.90 Å². The molecule has 1 aliphatic rings. The second kappa shape index (κ2) is 6.71. The molecular formula is C13H18ClN3O. The van der Waals surface area contributed by atoms with Crippen molar-refractivity contribution in [2.75, 3.05) is 31.2 Å². The Balaban J connectivity index is 1.91. The van der Waals surface area contributed by atoms with E-state index in [-0.39, 0.29) is 0 Å². The lowest BCUT2D eigenvalue weighted by atomic mass is 9.99. The zero-order valence-corrected chi connectivity index (χ0v) is 11.1. The van der Waals surface area contributed by atoms with Crippen molar-refractivity contribution in [2.45, 2.75) is 12.8 Å². The summed E-state index contributed by atoms with van der Waals surface area (Å²) < 4.78 is 5.53. The molecule has 18 heavy (non-hydrogen) atoms. The molecule has 1 fully saturated rings. The molecule has 0 saturated carbocycles. The number of nitrogens with zero attached hydrogens (tertiary/aromatic N) is 3. The highest BCUT2D eigenvalue weighted by atomic mass is 35.5. The number of aromatic nitrogens is 2. The van der Waals surface area contributed by atoms with Crippen LogP contribution in [0.15, 0.2) is 24.9 Å². The third kappa shape index (κ3) is 3.68. The molecule has 1 aromatic rings. The number of hydrogen-bond acceptors (Lipinski definition) is 4. The van der Waals surface area contributed by atoms with Crippen LogP contribution in [0.2, 0.25) is 5.28 Å². The molecule has 2 heterocycles. The molecule has 0 N–H and O–H groups in total. The van der Waals surface area contributed by atoms with Crippen molar-refractivity contribution < 1.29 is 4.74 Å². The Morgan fingerprint density at radius 3 is 3.28 bits per heavy atom. The van der Waals surface area contributed by atoms with Crippen LogP contribution in [0.3, 0.4) is 0 Å². The lowest BCUT2D eigenvalue weighted by Crippen LogP contribution is -2.37. The Morgan fingerprint density at radius 1 is 1.61 bits per heavy atom. The Bertz CT molecular complexity index is 400. The van der Waals surface area contributed by atoms with Crippen LogP contribution in [0.1, 0.15) is 12.8 Å². The van der Waals surface area contributed by atoms with Crippen LogP contribution in [0.4, 0.5) is 5.82 Å². The Kier molecular flexibility index (Phi) is 4.96. The Morgan fingerprint density at radius 2 is 2.50 bits per heavy atom. The molecule has 0 bridgehead atoms. The molecule has 1 aromatic heterocycles. The Labute approximate surface area is 113 Å². The van der Waals surface area contributed by atoms with Crippen LogP contribution in [-0.4, -0.2) is 36.3 Å². The molecule has 0 aromatic carbocycles. The molecule has 1 atom stereocenters. The van der Waals surface area contributed by atoms with Gasteiger partial charge in [-0.3, -0.25) is 0 Å². The van der Waals surface area contributed by atoms with Gasteiger partial charge < -0.3 is 9.64 Å². The number of rotatable bonds is 5. The van der Waals surface area contributed by atoms with E-state index in [1.807, 2.05) is 6.07 Å². The first-order chi connectivity index (χ1) is 8.79. The van der Waals surface area contributed by atoms with Crippen LogP contribution in [0.5, 0.6) is 0 Å². The second-order valence-electron chi connectivity index (χ2n) is 4.46. The molecule has 5 heteroatoms. The van der Waals surface area contributed by atoms with Crippen molar-refractivity contribution in [1.29, 1.82) is 0 Å². The van der Waals surface area contributed by atoms with Crippen molar-refractivity contribution in [3.8, 4) is 0 Å². The summed E-state index contributed by atoms with van der Waals surface area (Å²) in [5, 5.41) is 0.303. The standard InChI is InChI=1S/C13H18ClN3O/c1-2-8-18-10-11-4-3-7-17(9-11)12-5-6-15-13(14)16-12/h2,5-6,11H,1,3-4,7-10H2. The van der Waals surface area contributed by atoms with E-state index in [4.69, 9.17) is 16.3 Å². The SMILES string of the molecule is C=CCOCC1CCCN(c2ccnc(Cl)n2)C1. The molecule has 98 valence electrons. The third-order valence-electron chi connectivity index (χ3n) is 3.04. The fourth-order valence-electron chi connectivity index (χ4n) is 2.23. The van der Waals surface area contributed by atoms with Crippen molar-refractivity contribution in [3.63, 3.8) is 0 Å². The van der Waals surface area contributed by atoms with E-state index in [1.54, 1.807) is 12.3 Å². The summed E-state index contributed by atoms with van der Waals surface area (Å²) in [6.45, 7) is 7.03. The lowest BCUT2D eigenvalue weighted by molar-refractivity contribution is 0.115. The van der Waals surface area contributed by atoms with Gasteiger partial charge in [-0.2, -0.15) is 0 Å². The van der Waals surface area contributed by atoms with Gasteiger partial charge in [-0.1, -0.05) is 6.08 Å². The van der Waals surface area contributed by atoms with Crippen LogP contribution >= 0.6 is 11.6 Å². The van der Waals surface area contributed by atoms with E-state index in [0.717, 1.165) is 31.9 Å². The lowest BCUT2D eigenvalue weighted by Gasteiger charge is -2.33. The summed E-state index contributed by atoms with van der Waals surface area (Å²) in [5.41, 5.74) is 0. The van der Waals surface area contributed by atoms with Crippen LogP contribution in [-0.2, 0) is 4.74 Å². The topological polar surface area (TPSA) is 38.2 Å². The molecule has 0 radical (unpaired) electrons. The quantitative estimate of drug-likeness (QED) is 0.467. The molecular weight excluding hydrogens is 250 g/mol. The number of ether oxygens (including phenoxy) is 1. The fourth-order valence-corrected chi connectivity index (χ4v) is 2.37. The van der Waals surface area contributed by atoms with Gasteiger partial charge in [-0.05, 0) is 36.4 Å². The van der Waals surface area contributed by atoms with E-state index in [1.165, 1.54) is 6.42 Å². The Hall–Kier alpha value is -1.13. The first kappa shape index (κ1) is 13.3. The maximum atomic E-state index is 5.82. The zero-order valence-electron chi connectivity index (χ0n) is 10.4. The minimum absolute atomic E-state index is 0.303. The molecule has 1 aliphatic heterocycles. The monoisotopic (exact) mass is 267 g/mol. The minimum atomic E-state index is 0.303. The highest BCUT2D eigenvalue weighted by molar-refractivity contribution is 6.28. The highest BCUT2D eigenvalue weighted by Gasteiger charge is 2.21. The number of halogens is 1. The van der Waals surface area contributed by atoms with E-state index >= 15 is 0 Å². The van der Waals surface area contributed by atoms with Crippen molar-refractivity contribution in [1.82, 2.24) is 9.97 Å². The van der Waals surface area contributed by atoms with Gasteiger partial charge in [0.2, 0.25) is 5.28 Å².